The highest BCUT2D eigenvalue weighted by molar-refractivity contribution is 6.04. The van der Waals surface area contributed by atoms with E-state index in [1.165, 1.54) is 200 Å². The fraction of sp³-hybridized carbons (Fsp3) is 0.0612. The number of benzene rings is 16. The third-order valence-electron chi connectivity index (χ3n) is 24.7. The molecular formula is C98H60. The summed E-state index contributed by atoms with van der Waals surface area (Å²) in [7, 11) is 0. The average molecular weight is 1240 g/mol. The first-order chi connectivity index (χ1) is 48.6. The van der Waals surface area contributed by atoms with Gasteiger partial charge in [0.25, 0.3) is 0 Å². The lowest BCUT2D eigenvalue weighted by molar-refractivity contribution is 0.632. The van der Waals surface area contributed by atoms with Crippen molar-refractivity contribution in [1.82, 2.24) is 0 Å². The Morgan fingerprint density at radius 2 is 0.439 bits per heavy atom. The highest BCUT2D eigenvalue weighted by Gasteiger charge is 2.62. The molecule has 0 radical (unpaired) electrons. The van der Waals surface area contributed by atoms with Crippen LogP contribution in [0.3, 0.4) is 0 Å². The molecular weight excluding hydrogens is 1180 g/mol. The van der Waals surface area contributed by atoms with E-state index in [1.54, 1.807) is 0 Å². The van der Waals surface area contributed by atoms with Crippen LogP contribution in [-0.4, -0.2) is 0 Å². The first kappa shape index (κ1) is 53.3. The largest absolute Gasteiger partial charge is 0.0720 e. The Morgan fingerprint density at radius 3 is 0.816 bits per heavy atom. The molecule has 8 aliphatic carbocycles. The lowest BCUT2D eigenvalue weighted by Gasteiger charge is -2.49. The average Bonchev–Trinajstić information content (AvgIpc) is 1.43. The second kappa shape index (κ2) is 18.9. The van der Waals surface area contributed by atoms with Gasteiger partial charge < -0.3 is 0 Å². The quantitative estimate of drug-likeness (QED) is 0.142. The molecule has 4 spiro atoms. The van der Waals surface area contributed by atoms with Gasteiger partial charge in [-0.05, 0) is 225 Å². The summed E-state index contributed by atoms with van der Waals surface area (Å²) < 4.78 is 0. The molecule has 0 amide bonds. The minimum Gasteiger partial charge on any atom is -0.0619 e. The molecule has 0 N–H and O–H groups in total. The maximum Gasteiger partial charge on any atom is 0.0720 e. The summed E-state index contributed by atoms with van der Waals surface area (Å²) in [5, 5.41) is 5.34. The van der Waals surface area contributed by atoms with Crippen molar-refractivity contribution in [2.75, 3.05) is 0 Å². The van der Waals surface area contributed by atoms with E-state index in [-0.39, 0.29) is 0 Å². The lowest BCUT2D eigenvalue weighted by Crippen LogP contribution is -2.44. The highest BCUT2D eigenvalue weighted by Crippen LogP contribution is 2.71. The molecule has 98 heavy (non-hydrogen) atoms. The van der Waals surface area contributed by atoms with Gasteiger partial charge in [0.2, 0.25) is 0 Å². The van der Waals surface area contributed by atoms with E-state index >= 15 is 0 Å². The molecule has 24 rings (SSSR count). The zero-order chi connectivity index (χ0) is 63.8. The van der Waals surface area contributed by atoms with Gasteiger partial charge in [-0.15, -0.1) is 0 Å². The summed E-state index contributed by atoms with van der Waals surface area (Å²) in [6.07, 6.45) is 1.89. The summed E-state index contributed by atoms with van der Waals surface area (Å²) in [6.45, 7) is 0. The molecule has 0 aliphatic heterocycles. The van der Waals surface area contributed by atoms with E-state index in [4.69, 9.17) is 0 Å². The lowest BCUT2D eigenvalue weighted by atomic mass is 9.52. The number of hydrogen-bond acceptors (Lipinski definition) is 0. The molecule has 0 fully saturated rings. The van der Waals surface area contributed by atoms with E-state index in [0.29, 0.717) is 0 Å². The Bertz CT molecular complexity index is 6100. The Labute approximate surface area is 570 Å². The predicted molar refractivity (Wildman–Crippen MR) is 401 cm³/mol. The first-order valence-corrected chi connectivity index (χ1v) is 35.0. The van der Waals surface area contributed by atoms with Crippen molar-refractivity contribution in [1.29, 1.82) is 0 Å². The van der Waals surface area contributed by atoms with Gasteiger partial charge in [-0.1, -0.05) is 328 Å². The summed E-state index contributed by atoms with van der Waals surface area (Å²) in [6, 6.07) is 130. The van der Waals surface area contributed by atoms with Gasteiger partial charge in [0.1, 0.15) is 0 Å². The summed E-state index contributed by atoms with van der Waals surface area (Å²) in [5.41, 5.74) is 42.6. The van der Waals surface area contributed by atoms with Crippen LogP contribution in [-0.2, 0) is 34.5 Å². The van der Waals surface area contributed by atoms with Crippen molar-refractivity contribution in [2.24, 2.45) is 0 Å². The van der Waals surface area contributed by atoms with Crippen molar-refractivity contribution in [3.05, 3.63) is 451 Å². The van der Waals surface area contributed by atoms with Crippen LogP contribution in [0.15, 0.2) is 340 Å². The van der Waals surface area contributed by atoms with E-state index in [2.05, 4.69) is 340 Å². The fourth-order valence-electron chi connectivity index (χ4n) is 21.4. The van der Waals surface area contributed by atoms with Crippen LogP contribution in [0.2, 0.25) is 0 Å². The zero-order valence-electron chi connectivity index (χ0n) is 53.7. The molecule has 16 aromatic carbocycles. The topological polar surface area (TPSA) is 0 Å². The molecule has 8 aliphatic rings. The van der Waals surface area contributed by atoms with E-state index < -0.39 is 21.7 Å². The normalized spacial score (nSPS) is 15.6. The minimum absolute atomic E-state index is 0.442. The Hall–Kier alpha value is -12.0. The Morgan fingerprint density at radius 1 is 0.163 bits per heavy atom. The number of rotatable bonds is 0. The van der Waals surface area contributed by atoms with Crippen LogP contribution in [0.25, 0.3) is 88.3 Å². The first-order valence-electron chi connectivity index (χ1n) is 35.0. The van der Waals surface area contributed by atoms with Gasteiger partial charge in [0.05, 0.1) is 21.7 Å². The van der Waals surface area contributed by atoms with Gasteiger partial charge in [-0.3, -0.25) is 0 Å². The number of hydrogen-bond donors (Lipinski definition) is 0. The van der Waals surface area contributed by atoms with E-state index in [9.17, 15) is 0 Å². The molecule has 0 aromatic heterocycles. The van der Waals surface area contributed by atoms with Gasteiger partial charge >= 0.3 is 0 Å². The predicted octanol–water partition coefficient (Wildman–Crippen LogP) is 22.9. The Kier molecular flexibility index (Phi) is 10.3. The molecule has 0 saturated carbocycles. The molecule has 0 saturated heterocycles. The smallest absolute Gasteiger partial charge is 0.0619 e. The molecule has 0 nitrogen and oxygen atoms in total. The summed E-state index contributed by atoms with van der Waals surface area (Å²) >= 11 is 0. The van der Waals surface area contributed by atoms with Crippen LogP contribution >= 0.6 is 0 Å². The third kappa shape index (κ3) is 6.19. The molecule has 0 bridgehead atoms. The summed E-state index contributed by atoms with van der Waals surface area (Å²) in [4.78, 5) is 0. The van der Waals surface area contributed by atoms with Crippen molar-refractivity contribution >= 4 is 21.5 Å². The van der Waals surface area contributed by atoms with Gasteiger partial charge in [0, 0.05) is 0 Å². The monoisotopic (exact) mass is 1240 g/mol. The van der Waals surface area contributed by atoms with Crippen LogP contribution in [0.4, 0.5) is 0 Å². The van der Waals surface area contributed by atoms with Crippen molar-refractivity contribution in [3.63, 3.8) is 0 Å². The van der Waals surface area contributed by atoms with Crippen molar-refractivity contribution in [3.8, 4) is 66.8 Å². The standard InChI is InChI=1S/2C49H30/c1-2-14-32-30(13-1)25-26-33-38-29-47-46(28-31(38)27-39(32)33)48(40-19-7-3-15-34(40)35-16-4-8-20-41(35)48)44-23-11-12-24-45(44)49(47)42-21-9-5-17-36(42)37-18-6-10-22-43(37)49;1-2-14-33-30(13-1)25-26-31-27-32-28-45-46(29-38(32)47(31)33)49(41-21-9-5-17-36(41)37-18-6-10-22-42(37)49)44-24-12-11-23-43(44)48(45)39-19-7-3-15-34(39)35-16-4-8-20-40(35)48/h2*1-26,28-29H,27H2. The highest BCUT2D eigenvalue weighted by atomic mass is 14.6. The fourth-order valence-corrected chi connectivity index (χ4v) is 21.4. The molecule has 0 heterocycles. The Balaban J connectivity index is 0.000000122. The van der Waals surface area contributed by atoms with E-state index in [0.717, 1.165) is 12.8 Å². The van der Waals surface area contributed by atoms with Crippen LogP contribution in [0, 0.1) is 0 Å². The maximum absolute atomic E-state index is 2.64. The van der Waals surface area contributed by atoms with Gasteiger partial charge in [-0.25, -0.2) is 0 Å². The number of fused-ring (bicyclic) bond motifs is 42. The third-order valence-corrected chi connectivity index (χ3v) is 24.7. The van der Waals surface area contributed by atoms with Gasteiger partial charge in [-0.2, -0.15) is 0 Å². The molecule has 452 valence electrons. The maximum atomic E-state index is 2.64. The minimum atomic E-state index is -0.459. The zero-order valence-corrected chi connectivity index (χ0v) is 53.7. The summed E-state index contributed by atoms with van der Waals surface area (Å²) in [5.74, 6) is 0. The molecule has 0 unspecified atom stereocenters. The van der Waals surface area contributed by atoms with Crippen LogP contribution in [0.1, 0.15) is 111 Å². The van der Waals surface area contributed by atoms with Crippen molar-refractivity contribution < 1.29 is 0 Å². The van der Waals surface area contributed by atoms with E-state index in [1.807, 2.05) is 0 Å². The second-order valence-corrected chi connectivity index (χ2v) is 28.6. The molecule has 16 aromatic rings. The van der Waals surface area contributed by atoms with Crippen molar-refractivity contribution in [2.45, 2.75) is 34.5 Å². The van der Waals surface area contributed by atoms with Crippen LogP contribution < -0.4 is 0 Å². The molecule has 0 heteroatoms. The SMILES string of the molecule is c1ccc2c(c1)-c1ccccc1C21c2ccccc2C2(c3ccccc3-c3ccccc32)c2cc3c(cc21)Cc1c-3ccc2ccccc12.c1ccc2c(c1)-c1ccccc1C21c2ccccc2C2(c3ccccc3-c3ccccc32)c2cc3c(cc21)Cc1ccc2ccccc2c1-3. The van der Waals surface area contributed by atoms with Crippen LogP contribution in [0.5, 0.6) is 0 Å². The van der Waals surface area contributed by atoms with Gasteiger partial charge in [0.15, 0.2) is 0 Å². The second-order valence-electron chi connectivity index (χ2n) is 28.6. The molecule has 0 atom stereocenters.